The Morgan fingerprint density at radius 3 is 1.25 bits per heavy atom. The van der Waals surface area contributed by atoms with Gasteiger partial charge >= 0.3 is 0 Å². The third kappa shape index (κ3) is 10.6. The van der Waals surface area contributed by atoms with Gasteiger partial charge in [-0.3, -0.25) is 0 Å². The molecule has 1 radical (unpaired) electrons. The summed E-state index contributed by atoms with van der Waals surface area (Å²) >= 11 is 0. The number of hydrogen-bond acceptors (Lipinski definition) is 0. The monoisotopic (exact) mass is 400 g/mol. The molecule has 2 aliphatic rings. The van der Waals surface area contributed by atoms with Crippen LogP contribution in [0.2, 0.25) is 0 Å². The van der Waals surface area contributed by atoms with Gasteiger partial charge in [-0.2, -0.15) is 0 Å². The third-order valence-corrected chi connectivity index (χ3v) is 2.98. The van der Waals surface area contributed by atoms with Crippen LogP contribution in [0.1, 0.15) is 58.3 Å². The van der Waals surface area contributed by atoms with Gasteiger partial charge in [0.2, 0.25) is 0 Å². The maximum atomic E-state index is 2.34. The summed E-state index contributed by atoms with van der Waals surface area (Å²) in [5.41, 5.74) is 0. The quantitative estimate of drug-likeness (QED) is 0.382. The molecule has 2 rings (SSSR count). The van der Waals surface area contributed by atoms with Crippen molar-refractivity contribution in [2.24, 2.45) is 5.92 Å². The Labute approximate surface area is 116 Å². The predicted molar refractivity (Wildman–Crippen MR) is 70.8 cm³/mol. The van der Waals surface area contributed by atoms with E-state index in [0.29, 0.717) is 0 Å². The molecule has 0 atom stereocenters. The zero-order chi connectivity index (χ0) is 10.1. The summed E-state index contributed by atoms with van der Waals surface area (Å²) in [7, 11) is 0. The second-order valence-electron chi connectivity index (χ2n) is 4.49. The van der Waals surface area contributed by atoms with Crippen molar-refractivity contribution < 1.29 is 20.1 Å². The molecule has 0 heterocycles. The molecule has 0 bridgehead atoms. The van der Waals surface area contributed by atoms with Crippen LogP contribution < -0.4 is 0 Å². The van der Waals surface area contributed by atoms with E-state index in [9.17, 15) is 0 Å². The molecule has 0 amide bonds. The second-order valence-corrected chi connectivity index (χ2v) is 4.49. The van der Waals surface area contributed by atoms with E-state index in [-0.39, 0.29) is 27.5 Å². The average Bonchev–Trinajstić information content (AvgIpc) is 2.55. The van der Waals surface area contributed by atoms with Crippen LogP contribution in [0.3, 0.4) is 0 Å². The molecule has 0 nitrogen and oxygen atoms in total. The first-order chi connectivity index (χ1) is 6.89. The van der Waals surface area contributed by atoms with Gasteiger partial charge in [0.15, 0.2) is 0 Å². The SMILES string of the molecule is C1=C\CC/C=C\CC/1.CC1CCCC1.[CH3-].[Ir]. The molecular formula is C15H27Ir-. The maximum absolute atomic E-state index is 2.34. The van der Waals surface area contributed by atoms with Crippen LogP contribution in [-0.4, -0.2) is 0 Å². The van der Waals surface area contributed by atoms with Crippen LogP contribution in [0.5, 0.6) is 0 Å². The zero-order valence-electron chi connectivity index (χ0n) is 10.9. The molecule has 0 spiro atoms. The van der Waals surface area contributed by atoms with Gasteiger partial charge in [-0.1, -0.05) is 56.9 Å². The van der Waals surface area contributed by atoms with Crippen LogP contribution in [0, 0.1) is 13.3 Å². The van der Waals surface area contributed by atoms with Crippen molar-refractivity contribution in [2.45, 2.75) is 58.3 Å². The summed E-state index contributed by atoms with van der Waals surface area (Å²) in [6.07, 6.45) is 19.9. The Balaban J connectivity index is 0. The Bertz CT molecular complexity index is 150. The Morgan fingerprint density at radius 1 is 0.750 bits per heavy atom. The summed E-state index contributed by atoms with van der Waals surface area (Å²) in [4.78, 5) is 0. The van der Waals surface area contributed by atoms with Crippen molar-refractivity contribution in [1.29, 1.82) is 0 Å². The molecule has 1 saturated carbocycles. The Kier molecular flexibility index (Phi) is 15.3. The van der Waals surface area contributed by atoms with Crippen LogP contribution in [0.25, 0.3) is 0 Å². The molecule has 0 saturated heterocycles. The average molecular weight is 400 g/mol. The standard InChI is InChI=1S/C8H12.C6H12.CH3.Ir/c1-2-4-6-8-7-5-3-1;1-6-4-2-3-5-6;;/h1-2,7-8H,3-6H2;6H,2-5H2,1H3;1H3;/q;;-1;/b2-1-,8-7-;;;. The van der Waals surface area contributed by atoms with E-state index in [1.807, 2.05) is 0 Å². The molecule has 16 heavy (non-hydrogen) atoms. The first kappa shape index (κ1) is 18.5. The van der Waals surface area contributed by atoms with Gasteiger partial charge in [-0.05, 0) is 31.6 Å². The van der Waals surface area contributed by atoms with Gasteiger partial charge in [0.1, 0.15) is 0 Å². The van der Waals surface area contributed by atoms with E-state index >= 15 is 0 Å². The van der Waals surface area contributed by atoms with E-state index in [1.54, 1.807) is 0 Å². The second kappa shape index (κ2) is 13.2. The fourth-order valence-corrected chi connectivity index (χ4v) is 1.99. The minimum atomic E-state index is 0. The zero-order valence-corrected chi connectivity index (χ0v) is 13.3. The van der Waals surface area contributed by atoms with Gasteiger partial charge in [0, 0.05) is 20.1 Å². The van der Waals surface area contributed by atoms with Gasteiger partial charge in [-0.15, -0.1) is 0 Å². The summed E-state index contributed by atoms with van der Waals surface area (Å²) in [5, 5.41) is 0. The molecule has 0 aliphatic heterocycles. The minimum absolute atomic E-state index is 0. The van der Waals surface area contributed by atoms with Crippen molar-refractivity contribution in [1.82, 2.24) is 0 Å². The molecule has 0 aromatic heterocycles. The Hall–Kier alpha value is 0.129. The predicted octanol–water partition coefficient (Wildman–Crippen LogP) is 5.32. The fraction of sp³-hybridized carbons (Fsp3) is 0.667. The number of hydrogen-bond donors (Lipinski definition) is 0. The van der Waals surface area contributed by atoms with E-state index in [1.165, 1.54) is 51.4 Å². The smallest absolute Gasteiger partial charge is 0 e. The van der Waals surface area contributed by atoms with Crippen molar-refractivity contribution in [3.63, 3.8) is 0 Å². The van der Waals surface area contributed by atoms with Crippen molar-refractivity contribution >= 4 is 0 Å². The van der Waals surface area contributed by atoms with Crippen LogP contribution >= 0.6 is 0 Å². The van der Waals surface area contributed by atoms with Gasteiger partial charge in [0.05, 0.1) is 0 Å². The van der Waals surface area contributed by atoms with Gasteiger partial charge in [-0.25, -0.2) is 0 Å². The first-order valence-electron chi connectivity index (χ1n) is 6.19. The van der Waals surface area contributed by atoms with Crippen molar-refractivity contribution in [3.05, 3.63) is 31.7 Å². The number of allylic oxidation sites excluding steroid dienone is 4. The fourth-order valence-electron chi connectivity index (χ4n) is 1.99. The van der Waals surface area contributed by atoms with Crippen molar-refractivity contribution in [2.75, 3.05) is 0 Å². The topological polar surface area (TPSA) is 0 Å². The van der Waals surface area contributed by atoms with Crippen molar-refractivity contribution in [3.8, 4) is 0 Å². The summed E-state index contributed by atoms with van der Waals surface area (Å²) < 4.78 is 0. The summed E-state index contributed by atoms with van der Waals surface area (Å²) in [6.45, 7) is 2.34. The molecule has 97 valence electrons. The maximum Gasteiger partial charge on any atom is 0 e. The van der Waals surface area contributed by atoms with E-state index < -0.39 is 0 Å². The van der Waals surface area contributed by atoms with Gasteiger partial charge < -0.3 is 7.43 Å². The molecule has 0 aromatic rings. The van der Waals surface area contributed by atoms with E-state index in [4.69, 9.17) is 0 Å². The molecule has 1 fully saturated rings. The van der Waals surface area contributed by atoms with E-state index in [0.717, 1.165) is 5.92 Å². The number of rotatable bonds is 0. The van der Waals surface area contributed by atoms with E-state index in [2.05, 4.69) is 31.2 Å². The molecule has 2 aliphatic carbocycles. The molecule has 0 unspecified atom stereocenters. The first-order valence-corrected chi connectivity index (χ1v) is 6.19. The Morgan fingerprint density at radius 2 is 1.06 bits per heavy atom. The summed E-state index contributed by atoms with van der Waals surface area (Å²) in [6, 6.07) is 0. The molecular weight excluding hydrogens is 372 g/mol. The van der Waals surface area contributed by atoms with Crippen LogP contribution in [-0.2, 0) is 20.1 Å². The minimum Gasteiger partial charge on any atom is -0.358 e. The third-order valence-electron chi connectivity index (χ3n) is 2.98. The molecule has 0 N–H and O–H groups in total. The molecule has 0 aromatic carbocycles. The van der Waals surface area contributed by atoms with Crippen LogP contribution in [0.4, 0.5) is 0 Å². The largest absolute Gasteiger partial charge is 0.358 e. The van der Waals surface area contributed by atoms with Gasteiger partial charge in [0.25, 0.3) is 0 Å². The van der Waals surface area contributed by atoms with Crippen LogP contribution in [0.15, 0.2) is 24.3 Å². The summed E-state index contributed by atoms with van der Waals surface area (Å²) in [5.74, 6) is 1.05. The normalized spacial score (nSPS) is 23.6. The molecule has 1 heteroatoms.